The van der Waals surface area contributed by atoms with E-state index in [1.165, 1.54) is 11.3 Å². The van der Waals surface area contributed by atoms with Crippen LogP contribution in [-0.4, -0.2) is 57.9 Å². The van der Waals surface area contributed by atoms with Gasteiger partial charge in [-0.1, -0.05) is 13.8 Å². The van der Waals surface area contributed by atoms with Gasteiger partial charge in [-0.25, -0.2) is 9.78 Å². The molecule has 116 valence electrons. The van der Waals surface area contributed by atoms with Crippen molar-refractivity contribution in [2.75, 3.05) is 26.2 Å². The Balaban J connectivity index is 2.06. The molecule has 1 aromatic heterocycles. The zero-order chi connectivity index (χ0) is 15.6. The Morgan fingerprint density at radius 3 is 2.38 bits per heavy atom. The molecule has 1 fully saturated rings. The molecular formula is C14H21N3O3S. The maximum absolute atomic E-state index is 11.3. The molecule has 1 aliphatic rings. The van der Waals surface area contributed by atoms with E-state index in [0.717, 1.165) is 23.0 Å². The highest BCUT2D eigenvalue weighted by molar-refractivity contribution is 7.12. The van der Waals surface area contributed by atoms with Crippen molar-refractivity contribution in [3.05, 3.63) is 15.6 Å². The average Bonchev–Trinajstić information content (AvgIpc) is 2.83. The number of thiazole rings is 1. The van der Waals surface area contributed by atoms with Gasteiger partial charge in [0.2, 0.25) is 5.91 Å². The minimum absolute atomic E-state index is 0.0979. The standard InChI is InChI=1S/C14H21N3O3S/c1-9(2)13-15-12(14(19)20)11(21-13)8-16-4-6-17(7-5-16)10(3)18/h9H,4-8H2,1-3H3,(H,19,20). The topological polar surface area (TPSA) is 73.7 Å². The van der Waals surface area contributed by atoms with Crippen LogP contribution in [0.25, 0.3) is 0 Å². The van der Waals surface area contributed by atoms with Crippen molar-refractivity contribution in [3.63, 3.8) is 0 Å². The average molecular weight is 311 g/mol. The first-order chi connectivity index (χ1) is 9.88. The lowest BCUT2D eigenvalue weighted by molar-refractivity contribution is -0.130. The molecule has 0 aliphatic carbocycles. The summed E-state index contributed by atoms with van der Waals surface area (Å²) in [5, 5.41) is 10.1. The van der Waals surface area contributed by atoms with E-state index >= 15 is 0 Å². The molecule has 2 heterocycles. The SMILES string of the molecule is CC(=O)N1CCN(Cc2sc(C(C)C)nc2C(=O)O)CC1. The molecule has 1 N–H and O–H groups in total. The summed E-state index contributed by atoms with van der Waals surface area (Å²) >= 11 is 1.48. The number of carboxylic acids is 1. The van der Waals surface area contributed by atoms with Gasteiger partial charge in [-0.15, -0.1) is 11.3 Å². The normalized spacial score (nSPS) is 16.5. The smallest absolute Gasteiger partial charge is 0.355 e. The predicted octanol–water partition coefficient (Wildman–Crippen LogP) is 1.63. The summed E-state index contributed by atoms with van der Waals surface area (Å²) in [6.07, 6.45) is 0. The molecule has 1 saturated heterocycles. The quantitative estimate of drug-likeness (QED) is 0.915. The molecule has 0 spiro atoms. The lowest BCUT2D eigenvalue weighted by atomic mass is 10.2. The molecule has 2 rings (SSSR count). The van der Waals surface area contributed by atoms with Crippen LogP contribution in [0.3, 0.4) is 0 Å². The molecule has 0 radical (unpaired) electrons. The van der Waals surface area contributed by atoms with Gasteiger partial charge in [0.1, 0.15) is 0 Å². The fourth-order valence-corrected chi connectivity index (χ4v) is 3.42. The molecule has 1 amide bonds. The van der Waals surface area contributed by atoms with Crippen LogP contribution < -0.4 is 0 Å². The van der Waals surface area contributed by atoms with Crippen molar-refractivity contribution >= 4 is 23.2 Å². The zero-order valence-corrected chi connectivity index (χ0v) is 13.4. The minimum Gasteiger partial charge on any atom is -0.476 e. The van der Waals surface area contributed by atoms with E-state index in [-0.39, 0.29) is 17.5 Å². The van der Waals surface area contributed by atoms with Crippen molar-refractivity contribution < 1.29 is 14.7 Å². The first-order valence-electron chi connectivity index (χ1n) is 7.09. The predicted molar refractivity (Wildman–Crippen MR) is 80.7 cm³/mol. The number of carbonyl (C=O) groups excluding carboxylic acids is 1. The molecule has 21 heavy (non-hydrogen) atoms. The molecule has 0 bridgehead atoms. The van der Waals surface area contributed by atoms with Crippen molar-refractivity contribution in [1.82, 2.24) is 14.8 Å². The van der Waals surface area contributed by atoms with E-state index < -0.39 is 5.97 Å². The maximum atomic E-state index is 11.3. The van der Waals surface area contributed by atoms with Crippen LogP contribution >= 0.6 is 11.3 Å². The van der Waals surface area contributed by atoms with Crippen LogP contribution in [-0.2, 0) is 11.3 Å². The van der Waals surface area contributed by atoms with Crippen LogP contribution in [0.1, 0.15) is 47.1 Å². The van der Waals surface area contributed by atoms with Crippen LogP contribution in [0.4, 0.5) is 0 Å². The first-order valence-corrected chi connectivity index (χ1v) is 7.91. The number of carboxylic acid groups (broad SMARTS) is 1. The van der Waals surface area contributed by atoms with Crippen molar-refractivity contribution in [3.8, 4) is 0 Å². The zero-order valence-electron chi connectivity index (χ0n) is 12.6. The van der Waals surface area contributed by atoms with Gasteiger partial charge in [0.25, 0.3) is 0 Å². The summed E-state index contributed by atoms with van der Waals surface area (Å²) in [5.74, 6) is -0.632. The Morgan fingerprint density at radius 2 is 1.90 bits per heavy atom. The van der Waals surface area contributed by atoms with Crippen molar-refractivity contribution in [2.24, 2.45) is 0 Å². The fourth-order valence-electron chi connectivity index (χ4n) is 2.32. The molecule has 1 aliphatic heterocycles. The second kappa shape index (κ2) is 6.53. The van der Waals surface area contributed by atoms with Gasteiger partial charge in [0, 0.05) is 45.6 Å². The summed E-state index contributed by atoms with van der Waals surface area (Å²) in [6.45, 7) is 9.15. The third kappa shape index (κ3) is 3.79. The molecule has 0 atom stereocenters. The number of aromatic nitrogens is 1. The van der Waals surface area contributed by atoms with Gasteiger partial charge in [0.15, 0.2) is 5.69 Å². The van der Waals surface area contributed by atoms with E-state index in [1.807, 2.05) is 18.7 Å². The van der Waals surface area contributed by atoms with E-state index in [9.17, 15) is 14.7 Å². The summed E-state index contributed by atoms with van der Waals surface area (Å²) in [4.78, 5) is 31.7. The van der Waals surface area contributed by atoms with Crippen LogP contribution in [0, 0.1) is 0 Å². The number of hydrogen-bond acceptors (Lipinski definition) is 5. The number of piperazine rings is 1. The number of aromatic carboxylic acids is 1. The Kier molecular flexibility index (Phi) is 4.95. The second-order valence-electron chi connectivity index (χ2n) is 5.57. The Morgan fingerprint density at radius 1 is 1.29 bits per heavy atom. The van der Waals surface area contributed by atoms with Gasteiger partial charge in [-0.05, 0) is 0 Å². The lowest BCUT2D eigenvalue weighted by Gasteiger charge is -2.33. The van der Waals surface area contributed by atoms with Gasteiger partial charge in [-0.3, -0.25) is 9.69 Å². The number of rotatable bonds is 4. The number of carbonyl (C=O) groups is 2. The van der Waals surface area contributed by atoms with Gasteiger partial charge >= 0.3 is 5.97 Å². The van der Waals surface area contributed by atoms with E-state index in [4.69, 9.17) is 0 Å². The maximum Gasteiger partial charge on any atom is 0.355 e. The molecule has 1 aromatic rings. The van der Waals surface area contributed by atoms with E-state index in [0.29, 0.717) is 19.6 Å². The van der Waals surface area contributed by atoms with Crippen LogP contribution in [0.5, 0.6) is 0 Å². The van der Waals surface area contributed by atoms with Crippen molar-refractivity contribution in [1.29, 1.82) is 0 Å². The van der Waals surface area contributed by atoms with Crippen LogP contribution in [0.15, 0.2) is 0 Å². The fraction of sp³-hybridized carbons (Fsp3) is 0.643. The number of amides is 1. The third-order valence-corrected chi connectivity index (χ3v) is 4.94. The van der Waals surface area contributed by atoms with Crippen molar-refractivity contribution in [2.45, 2.75) is 33.2 Å². The minimum atomic E-state index is -0.962. The largest absolute Gasteiger partial charge is 0.476 e. The Labute approximate surface area is 128 Å². The molecule has 0 aromatic carbocycles. The number of nitrogens with zero attached hydrogens (tertiary/aromatic N) is 3. The van der Waals surface area contributed by atoms with Gasteiger partial charge < -0.3 is 10.0 Å². The van der Waals surface area contributed by atoms with Gasteiger partial charge in [-0.2, -0.15) is 0 Å². The van der Waals surface area contributed by atoms with E-state index in [2.05, 4.69) is 9.88 Å². The first kappa shape index (κ1) is 15.9. The van der Waals surface area contributed by atoms with E-state index in [1.54, 1.807) is 6.92 Å². The molecule has 6 nitrogen and oxygen atoms in total. The highest BCUT2D eigenvalue weighted by Gasteiger charge is 2.23. The monoisotopic (exact) mass is 311 g/mol. The molecule has 0 saturated carbocycles. The summed E-state index contributed by atoms with van der Waals surface area (Å²) in [7, 11) is 0. The molecule has 7 heteroatoms. The van der Waals surface area contributed by atoms with Crippen LogP contribution in [0.2, 0.25) is 0 Å². The second-order valence-corrected chi connectivity index (χ2v) is 6.68. The lowest BCUT2D eigenvalue weighted by Crippen LogP contribution is -2.47. The highest BCUT2D eigenvalue weighted by atomic mass is 32.1. The Hall–Kier alpha value is -1.47. The summed E-state index contributed by atoms with van der Waals surface area (Å²) < 4.78 is 0. The third-order valence-electron chi connectivity index (χ3n) is 3.60. The molecular weight excluding hydrogens is 290 g/mol. The summed E-state index contributed by atoms with van der Waals surface area (Å²) in [6, 6.07) is 0. The summed E-state index contributed by atoms with van der Waals surface area (Å²) in [5.41, 5.74) is 0.178. The van der Waals surface area contributed by atoms with Gasteiger partial charge in [0.05, 0.1) is 9.88 Å². The highest BCUT2D eigenvalue weighted by Crippen LogP contribution is 2.26. The molecule has 0 unspecified atom stereocenters. The number of hydrogen-bond donors (Lipinski definition) is 1. The Bertz CT molecular complexity index is 534.